The molecule has 0 saturated carbocycles. The topological polar surface area (TPSA) is 57.7 Å². The molecule has 1 N–H and O–H groups in total. The molecule has 1 saturated heterocycles. The monoisotopic (exact) mass is 596 g/mol. The van der Waals surface area contributed by atoms with Crippen LogP contribution in [0.3, 0.4) is 0 Å². The molecule has 6 nitrogen and oxygen atoms in total. The molecule has 10 heteroatoms. The van der Waals surface area contributed by atoms with Crippen molar-refractivity contribution in [3.8, 4) is 5.75 Å². The van der Waals surface area contributed by atoms with E-state index in [9.17, 15) is 18.0 Å². The lowest BCUT2D eigenvalue weighted by atomic mass is 9.89. The zero-order valence-corrected chi connectivity index (χ0v) is 22.3. The van der Waals surface area contributed by atoms with Gasteiger partial charge in [0.2, 0.25) is 0 Å². The fraction of sp³-hybridized carbons (Fsp3) is 0.241. The van der Waals surface area contributed by atoms with Crippen LogP contribution in [0.25, 0.3) is 10.9 Å². The van der Waals surface area contributed by atoms with Crippen LogP contribution in [0.2, 0.25) is 0 Å². The Morgan fingerprint density at radius 1 is 1.00 bits per heavy atom. The number of hydrogen-bond acceptors (Lipinski definition) is 5. The number of halogens is 4. The molecule has 3 heterocycles. The van der Waals surface area contributed by atoms with Gasteiger partial charge in [-0.05, 0) is 60.2 Å². The smallest absolute Gasteiger partial charge is 0.406 e. The molecule has 3 aromatic carbocycles. The van der Waals surface area contributed by atoms with Crippen molar-refractivity contribution in [3.63, 3.8) is 0 Å². The van der Waals surface area contributed by atoms with Gasteiger partial charge in [-0.15, -0.1) is 13.2 Å². The molecule has 0 radical (unpaired) electrons. The standard InChI is InChI=1S/C29H24BrF3N4O2/c30-20-5-10-24-26(17-20)35-28(37(27(24)38)21-6-8-22(9-7-21)39-29(31,32)33)12-15-36(16-13-28)18-19-11-14-34-25-4-2-1-3-23(19)25/h1-11,14,17,35H,12-13,15-16,18H2. The highest BCUT2D eigenvalue weighted by molar-refractivity contribution is 9.10. The zero-order chi connectivity index (χ0) is 27.2. The van der Waals surface area contributed by atoms with Gasteiger partial charge in [-0.1, -0.05) is 34.1 Å². The molecule has 0 bridgehead atoms. The third kappa shape index (κ3) is 5.06. The minimum Gasteiger partial charge on any atom is -0.406 e. The van der Waals surface area contributed by atoms with Gasteiger partial charge in [0.05, 0.1) is 11.1 Å². The quantitative estimate of drug-likeness (QED) is 0.276. The normalized spacial score (nSPS) is 17.2. The summed E-state index contributed by atoms with van der Waals surface area (Å²) in [5, 5.41) is 4.74. The van der Waals surface area contributed by atoms with Crippen LogP contribution >= 0.6 is 15.9 Å². The molecule has 2 aliphatic rings. The number of para-hydroxylation sites is 1. The van der Waals surface area contributed by atoms with E-state index in [0.29, 0.717) is 37.2 Å². The number of aromatic nitrogens is 1. The lowest BCUT2D eigenvalue weighted by molar-refractivity contribution is -0.274. The number of fused-ring (bicyclic) bond motifs is 2. The van der Waals surface area contributed by atoms with Gasteiger partial charge in [0.15, 0.2) is 0 Å². The van der Waals surface area contributed by atoms with Crippen LogP contribution in [0.15, 0.2) is 83.5 Å². The van der Waals surface area contributed by atoms with Gasteiger partial charge in [0, 0.05) is 59.9 Å². The largest absolute Gasteiger partial charge is 0.573 e. The maximum absolute atomic E-state index is 13.9. The predicted octanol–water partition coefficient (Wildman–Crippen LogP) is 6.96. The van der Waals surface area contributed by atoms with Crippen molar-refractivity contribution in [1.29, 1.82) is 0 Å². The minimum atomic E-state index is -4.79. The molecule has 4 aromatic rings. The zero-order valence-electron chi connectivity index (χ0n) is 20.7. The van der Waals surface area contributed by atoms with Gasteiger partial charge in [-0.25, -0.2) is 0 Å². The molecule has 1 fully saturated rings. The number of pyridine rings is 1. The predicted molar refractivity (Wildman–Crippen MR) is 147 cm³/mol. The highest BCUT2D eigenvalue weighted by atomic mass is 79.9. The van der Waals surface area contributed by atoms with Gasteiger partial charge >= 0.3 is 6.36 Å². The van der Waals surface area contributed by atoms with E-state index in [1.54, 1.807) is 17.0 Å². The number of benzene rings is 3. The summed E-state index contributed by atoms with van der Waals surface area (Å²) in [7, 11) is 0. The summed E-state index contributed by atoms with van der Waals surface area (Å²) in [6.07, 6.45) is -1.72. The summed E-state index contributed by atoms with van der Waals surface area (Å²) in [5.41, 5.74) is 3.14. The number of likely N-dealkylation sites (tertiary alicyclic amines) is 1. The Kier molecular flexibility index (Phi) is 6.47. The van der Waals surface area contributed by atoms with Crippen molar-refractivity contribution in [2.75, 3.05) is 23.3 Å². The van der Waals surface area contributed by atoms with Crippen molar-refractivity contribution < 1.29 is 22.7 Å². The average Bonchev–Trinajstić information content (AvgIpc) is 2.90. The molecule has 1 spiro atoms. The Morgan fingerprint density at radius 3 is 2.49 bits per heavy atom. The van der Waals surface area contributed by atoms with E-state index >= 15 is 0 Å². The van der Waals surface area contributed by atoms with Crippen molar-refractivity contribution in [2.45, 2.75) is 31.4 Å². The lowest BCUT2D eigenvalue weighted by Gasteiger charge is -2.52. The molecule has 39 heavy (non-hydrogen) atoms. The number of piperidine rings is 1. The van der Waals surface area contributed by atoms with Crippen molar-refractivity contribution in [2.24, 2.45) is 0 Å². The molecule has 0 atom stereocenters. The van der Waals surface area contributed by atoms with Crippen LogP contribution in [-0.4, -0.2) is 40.9 Å². The van der Waals surface area contributed by atoms with Gasteiger partial charge in [-0.3, -0.25) is 19.6 Å². The average molecular weight is 597 g/mol. The molecular weight excluding hydrogens is 573 g/mol. The molecule has 0 unspecified atom stereocenters. The molecule has 2 aliphatic heterocycles. The van der Waals surface area contributed by atoms with Crippen molar-refractivity contribution in [1.82, 2.24) is 9.88 Å². The Labute approximate surface area is 231 Å². The van der Waals surface area contributed by atoms with E-state index in [-0.39, 0.29) is 11.7 Å². The number of amides is 1. The second-order valence-electron chi connectivity index (χ2n) is 9.79. The van der Waals surface area contributed by atoms with Crippen molar-refractivity contribution in [3.05, 3.63) is 94.6 Å². The van der Waals surface area contributed by atoms with Crippen LogP contribution in [-0.2, 0) is 6.54 Å². The number of carbonyl (C=O) groups excluding carboxylic acids is 1. The maximum Gasteiger partial charge on any atom is 0.573 e. The first-order valence-electron chi connectivity index (χ1n) is 12.5. The summed E-state index contributed by atoms with van der Waals surface area (Å²) in [6, 6.07) is 21.0. The number of alkyl halides is 3. The first-order chi connectivity index (χ1) is 18.7. The summed E-state index contributed by atoms with van der Waals surface area (Å²) in [5.74, 6) is -0.532. The Morgan fingerprint density at radius 2 is 1.74 bits per heavy atom. The summed E-state index contributed by atoms with van der Waals surface area (Å²) in [6.45, 7) is 2.18. The summed E-state index contributed by atoms with van der Waals surface area (Å²) < 4.78 is 43.0. The van der Waals surface area contributed by atoms with Gasteiger partial charge in [-0.2, -0.15) is 0 Å². The molecule has 6 rings (SSSR count). The minimum absolute atomic E-state index is 0.200. The molecule has 1 aromatic heterocycles. The fourth-order valence-corrected chi connectivity index (χ4v) is 5.91. The van der Waals surface area contributed by atoms with Gasteiger partial charge < -0.3 is 10.1 Å². The van der Waals surface area contributed by atoms with Crippen LogP contribution in [0.4, 0.5) is 24.5 Å². The van der Waals surface area contributed by atoms with Gasteiger partial charge in [0.1, 0.15) is 11.4 Å². The number of anilines is 2. The van der Waals surface area contributed by atoms with E-state index in [1.807, 2.05) is 36.5 Å². The summed E-state index contributed by atoms with van der Waals surface area (Å²) >= 11 is 3.50. The maximum atomic E-state index is 13.9. The third-order valence-electron chi connectivity index (χ3n) is 7.36. The number of ether oxygens (including phenoxy) is 1. The Hall–Kier alpha value is -3.63. The van der Waals surface area contributed by atoms with Crippen LogP contribution < -0.4 is 15.0 Å². The second kappa shape index (κ2) is 9.84. The molecular formula is C29H24BrF3N4O2. The first kappa shape index (κ1) is 25.6. The van der Waals surface area contributed by atoms with Crippen molar-refractivity contribution >= 4 is 44.1 Å². The molecule has 0 aliphatic carbocycles. The summed E-state index contributed by atoms with van der Waals surface area (Å²) in [4.78, 5) is 22.4. The highest BCUT2D eigenvalue weighted by Gasteiger charge is 2.47. The van der Waals surface area contributed by atoms with Crippen LogP contribution in [0.5, 0.6) is 5.75 Å². The van der Waals surface area contributed by atoms with Crippen LogP contribution in [0.1, 0.15) is 28.8 Å². The fourth-order valence-electron chi connectivity index (χ4n) is 5.55. The van der Waals surface area contributed by atoms with E-state index < -0.39 is 12.0 Å². The SMILES string of the molecule is O=C1c2ccc(Br)cc2NC2(CCN(Cc3ccnc4ccccc34)CC2)N1c1ccc(OC(F)(F)F)cc1. The van der Waals surface area contributed by atoms with E-state index in [1.165, 1.54) is 29.8 Å². The lowest BCUT2D eigenvalue weighted by Crippen LogP contribution is -2.64. The molecule has 1 amide bonds. The number of nitrogens with zero attached hydrogens (tertiary/aromatic N) is 3. The highest BCUT2D eigenvalue weighted by Crippen LogP contribution is 2.42. The van der Waals surface area contributed by atoms with E-state index in [2.05, 4.69) is 41.9 Å². The van der Waals surface area contributed by atoms with Crippen LogP contribution in [0, 0.1) is 0 Å². The van der Waals surface area contributed by atoms with E-state index in [4.69, 9.17) is 0 Å². The number of rotatable bonds is 4. The number of nitrogens with one attached hydrogen (secondary N) is 1. The number of carbonyl (C=O) groups is 1. The third-order valence-corrected chi connectivity index (χ3v) is 7.85. The van der Waals surface area contributed by atoms with E-state index in [0.717, 1.165) is 27.6 Å². The first-order valence-corrected chi connectivity index (χ1v) is 13.3. The Balaban J connectivity index is 1.30. The second-order valence-corrected chi connectivity index (χ2v) is 10.7. The number of hydrogen-bond donors (Lipinski definition) is 1. The Bertz CT molecular complexity index is 1530. The van der Waals surface area contributed by atoms with Gasteiger partial charge in [0.25, 0.3) is 5.91 Å². The molecule has 200 valence electrons.